The molecule has 0 saturated heterocycles. The Morgan fingerprint density at radius 1 is 1.16 bits per heavy atom. The normalized spacial score (nSPS) is 41.1. The van der Waals surface area contributed by atoms with E-state index in [0.29, 0.717) is 0 Å². The third-order valence-corrected chi connectivity index (χ3v) is 5.51. The van der Waals surface area contributed by atoms with Crippen molar-refractivity contribution >= 4 is 5.91 Å². The molecule has 3 heteroatoms. The Hall–Kier alpha value is -1.04. The summed E-state index contributed by atoms with van der Waals surface area (Å²) < 4.78 is 0. The molecule has 0 radical (unpaired) electrons. The first kappa shape index (κ1) is 13.0. The van der Waals surface area contributed by atoms with Crippen LogP contribution >= 0.6 is 0 Å². The van der Waals surface area contributed by atoms with Gasteiger partial charge in [-0.05, 0) is 62.2 Å². The van der Waals surface area contributed by atoms with E-state index in [1.54, 1.807) is 0 Å². The summed E-state index contributed by atoms with van der Waals surface area (Å²) >= 11 is 0. The molecule has 4 aliphatic carbocycles. The average molecular weight is 260 g/mol. The lowest BCUT2D eigenvalue weighted by atomic mass is 9.53. The molecule has 0 heterocycles. The van der Waals surface area contributed by atoms with E-state index in [2.05, 4.69) is 11.4 Å². The molecule has 1 atom stereocenters. The molecule has 104 valence electrons. The average Bonchev–Trinajstić information content (AvgIpc) is 2.25. The van der Waals surface area contributed by atoms with Crippen LogP contribution in [-0.4, -0.2) is 11.4 Å². The maximum atomic E-state index is 12.4. The fourth-order valence-corrected chi connectivity index (χ4v) is 5.11. The van der Waals surface area contributed by atoms with E-state index in [1.807, 2.05) is 13.8 Å². The van der Waals surface area contributed by atoms with Crippen molar-refractivity contribution in [3.05, 3.63) is 0 Å². The largest absolute Gasteiger partial charge is 0.349 e. The van der Waals surface area contributed by atoms with Crippen LogP contribution in [0, 0.1) is 40.9 Å². The van der Waals surface area contributed by atoms with Gasteiger partial charge in [-0.25, -0.2) is 0 Å². The Morgan fingerprint density at radius 2 is 1.63 bits per heavy atom. The first-order chi connectivity index (χ1) is 9.01. The standard InChI is InChI=1S/C16H24N2O/c1-10(2)14(9-17)15(19)18-16-6-11-3-12(7-16)5-13(4-11)8-16/h10-14H,3-8H2,1-2H3,(H,18,19). The molecule has 0 aromatic rings. The Bertz CT molecular complexity index is 386. The SMILES string of the molecule is CC(C)C(C#N)C(=O)NC12CC3CC(CC(C3)C1)C2. The second kappa shape index (κ2) is 4.51. The van der Waals surface area contributed by atoms with Gasteiger partial charge in [-0.3, -0.25) is 4.79 Å². The lowest BCUT2D eigenvalue weighted by Crippen LogP contribution is -2.60. The monoisotopic (exact) mass is 260 g/mol. The van der Waals surface area contributed by atoms with Crippen LogP contribution in [0.15, 0.2) is 0 Å². The van der Waals surface area contributed by atoms with Crippen molar-refractivity contribution in [3.8, 4) is 6.07 Å². The summed E-state index contributed by atoms with van der Waals surface area (Å²) in [5.41, 5.74) is 0.0375. The third kappa shape index (κ3) is 2.26. The number of amides is 1. The van der Waals surface area contributed by atoms with Crippen molar-refractivity contribution in [1.29, 1.82) is 5.26 Å². The summed E-state index contributed by atoms with van der Waals surface area (Å²) in [5, 5.41) is 12.5. The second-order valence-electron chi connectivity index (χ2n) is 7.54. The van der Waals surface area contributed by atoms with E-state index in [1.165, 1.54) is 19.3 Å². The number of hydrogen-bond donors (Lipinski definition) is 1. The number of nitriles is 1. The molecule has 0 aliphatic heterocycles. The van der Waals surface area contributed by atoms with E-state index in [4.69, 9.17) is 5.26 Å². The molecule has 0 spiro atoms. The minimum atomic E-state index is -0.493. The molecule has 0 aromatic carbocycles. The minimum Gasteiger partial charge on any atom is -0.349 e. The van der Waals surface area contributed by atoms with Crippen LogP contribution in [0.3, 0.4) is 0 Å². The van der Waals surface area contributed by atoms with Crippen LogP contribution in [0.25, 0.3) is 0 Å². The van der Waals surface area contributed by atoms with Gasteiger partial charge in [0.05, 0.1) is 6.07 Å². The number of carbonyl (C=O) groups excluding carboxylic acids is 1. The fraction of sp³-hybridized carbons (Fsp3) is 0.875. The lowest BCUT2D eigenvalue weighted by Gasteiger charge is -2.57. The molecule has 4 bridgehead atoms. The first-order valence-corrected chi connectivity index (χ1v) is 7.73. The van der Waals surface area contributed by atoms with Crippen molar-refractivity contribution in [2.45, 2.75) is 57.9 Å². The van der Waals surface area contributed by atoms with Gasteiger partial charge in [-0.2, -0.15) is 5.26 Å². The van der Waals surface area contributed by atoms with Gasteiger partial charge in [0, 0.05) is 5.54 Å². The van der Waals surface area contributed by atoms with Crippen LogP contribution < -0.4 is 5.32 Å². The van der Waals surface area contributed by atoms with E-state index in [9.17, 15) is 4.79 Å². The van der Waals surface area contributed by atoms with Crippen LogP contribution in [0.2, 0.25) is 0 Å². The van der Waals surface area contributed by atoms with Crippen molar-refractivity contribution in [2.24, 2.45) is 29.6 Å². The maximum absolute atomic E-state index is 12.4. The molecule has 1 N–H and O–H groups in total. The second-order valence-corrected chi connectivity index (χ2v) is 7.54. The van der Waals surface area contributed by atoms with Crippen molar-refractivity contribution < 1.29 is 4.79 Å². The Morgan fingerprint density at radius 3 is 2.00 bits per heavy atom. The van der Waals surface area contributed by atoms with Gasteiger partial charge in [0.2, 0.25) is 5.91 Å². The molecule has 1 unspecified atom stereocenters. The zero-order valence-corrected chi connectivity index (χ0v) is 12.0. The quantitative estimate of drug-likeness (QED) is 0.848. The minimum absolute atomic E-state index is 0.0283. The van der Waals surface area contributed by atoms with Crippen molar-refractivity contribution in [3.63, 3.8) is 0 Å². The highest BCUT2D eigenvalue weighted by Gasteiger charge is 2.51. The van der Waals surface area contributed by atoms with Gasteiger partial charge in [-0.1, -0.05) is 13.8 Å². The predicted molar refractivity (Wildman–Crippen MR) is 73.0 cm³/mol. The highest BCUT2D eigenvalue weighted by molar-refractivity contribution is 5.82. The fourth-order valence-electron chi connectivity index (χ4n) is 5.11. The Labute approximate surface area is 115 Å². The zero-order valence-electron chi connectivity index (χ0n) is 12.0. The molecule has 0 aromatic heterocycles. The summed E-state index contributed by atoms with van der Waals surface area (Å²) in [5.74, 6) is 2.05. The number of hydrogen-bond acceptors (Lipinski definition) is 2. The smallest absolute Gasteiger partial charge is 0.238 e. The van der Waals surface area contributed by atoms with Crippen LogP contribution in [0.1, 0.15) is 52.4 Å². The van der Waals surface area contributed by atoms with Crippen LogP contribution in [0.4, 0.5) is 0 Å². The van der Waals surface area contributed by atoms with Crippen LogP contribution in [0.5, 0.6) is 0 Å². The maximum Gasteiger partial charge on any atom is 0.238 e. The number of nitrogens with one attached hydrogen (secondary N) is 1. The van der Waals surface area contributed by atoms with Gasteiger partial charge in [0.15, 0.2) is 0 Å². The zero-order chi connectivity index (χ0) is 13.6. The molecular formula is C16H24N2O. The molecule has 4 aliphatic rings. The summed E-state index contributed by atoms with van der Waals surface area (Å²) in [7, 11) is 0. The predicted octanol–water partition coefficient (Wildman–Crippen LogP) is 2.87. The van der Waals surface area contributed by atoms with Crippen LogP contribution in [-0.2, 0) is 4.79 Å². The lowest BCUT2D eigenvalue weighted by molar-refractivity contribution is -0.130. The topological polar surface area (TPSA) is 52.9 Å². The van der Waals surface area contributed by atoms with Gasteiger partial charge >= 0.3 is 0 Å². The number of carbonyl (C=O) groups is 1. The highest BCUT2D eigenvalue weighted by Crippen LogP contribution is 2.55. The summed E-state index contributed by atoms with van der Waals surface area (Å²) in [4.78, 5) is 12.4. The van der Waals surface area contributed by atoms with Gasteiger partial charge in [0.25, 0.3) is 0 Å². The molecule has 19 heavy (non-hydrogen) atoms. The summed E-state index contributed by atoms with van der Waals surface area (Å²) in [6.45, 7) is 3.90. The first-order valence-electron chi connectivity index (χ1n) is 7.73. The molecule has 4 fully saturated rings. The van der Waals surface area contributed by atoms with Crippen molar-refractivity contribution in [1.82, 2.24) is 5.32 Å². The van der Waals surface area contributed by atoms with E-state index >= 15 is 0 Å². The molecular weight excluding hydrogens is 236 g/mol. The molecule has 3 nitrogen and oxygen atoms in total. The van der Waals surface area contributed by atoms with E-state index < -0.39 is 5.92 Å². The number of nitrogens with zero attached hydrogens (tertiary/aromatic N) is 1. The van der Waals surface area contributed by atoms with Gasteiger partial charge in [-0.15, -0.1) is 0 Å². The molecule has 4 rings (SSSR count). The third-order valence-electron chi connectivity index (χ3n) is 5.51. The molecule has 4 saturated carbocycles. The summed E-state index contributed by atoms with van der Waals surface area (Å²) in [6, 6.07) is 2.17. The van der Waals surface area contributed by atoms with Gasteiger partial charge < -0.3 is 5.32 Å². The van der Waals surface area contributed by atoms with Gasteiger partial charge in [0.1, 0.15) is 5.92 Å². The van der Waals surface area contributed by atoms with E-state index in [-0.39, 0.29) is 17.4 Å². The Kier molecular flexibility index (Phi) is 3.08. The Balaban J connectivity index is 1.73. The van der Waals surface area contributed by atoms with Crippen molar-refractivity contribution in [2.75, 3.05) is 0 Å². The number of rotatable bonds is 3. The highest BCUT2D eigenvalue weighted by atomic mass is 16.2. The molecule has 1 amide bonds. The summed E-state index contributed by atoms with van der Waals surface area (Å²) in [6.07, 6.45) is 7.59. The van der Waals surface area contributed by atoms with E-state index in [0.717, 1.165) is 37.0 Å².